The Balaban J connectivity index is 2.17. The van der Waals surface area contributed by atoms with E-state index < -0.39 is 0 Å². The maximum atomic E-state index is 11.0. The van der Waals surface area contributed by atoms with Crippen LogP contribution in [0.5, 0.6) is 0 Å². The largest absolute Gasteiger partial charge is 0.360 e. The summed E-state index contributed by atoms with van der Waals surface area (Å²) in [5.41, 5.74) is 5.53. The maximum Gasteiger partial charge on any atom is 0.198 e. The van der Waals surface area contributed by atoms with Crippen LogP contribution in [0.1, 0.15) is 35.0 Å². The highest BCUT2D eigenvalue weighted by Crippen LogP contribution is 2.40. The van der Waals surface area contributed by atoms with Gasteiger partial charge in [-0.2, -0.15) is 0 Å². The number of nitrogens with two attached hydrogens (primary N) is 1. The Morgan fingerprint density at radius 2 is 2.50 bits per heavy atom. The second-order valence-corrected chi connectivity index (χ2v) is 3.02. The zero-order valence-corrected chi connectivity index (χ0v) is 6.62. The van der Waals surface area contributed by atoms with E-state index in [-0.39, 0.29) is 12.3 Å². The first kappa shape index (κ1) is 7.49. The summed E-state index contributed by atoms with van der Waals surface area (Å²) in [7, 11) is 0. The van der Waals surface area contributed by atoms with Gasteiger partial charge in [-0.15, -0.1) is 0 Å². The summed E-state index contributed by atoms with van der Waals surface area (Å²) in [6, 6.07) is 1.70. The van der Waals surface area contributed by atoms with Crippen molar-refractivity contribution in [1.29, 1.82) is 0 Å². The molecule has 0 amide bonds. The lowest BCUT2D eigenvalue weighted by molar-refractivity contribution is 0.0992. The van der Waals surface area contributed by atoms with Crippen molar-refractivity contribution >= 4 is 5.78 Å². The van der Waals surface area contributed by atoms with Crippen molar-refractivity contribution in [1.82, 2.24) is 5.16 Å². The van der Waals surface area contributed by atoms with Crippen LogP contribution in [-0.4, -0.2) is 17.5 Å². The Morgan fingerprint density at radius 1 is 1.75 bits per heavy atom. The molecule has 4 heteroatoms. The van der Waals surface area contributed by atoms with E-state index in [1.54, 1.807) is 6.07 Å². The molecule has 4 nitrogen and oxygen atoms in total. The van der Waals surface area contributed by atoms with Gasteiger partial charge in [0.1, 0.15) is 5.76 Å². The van der Waals surface area contributed by atoms with Crippen LogP contribution in [0, 0.1) is 0 Å². The standard InChI is InChI=1S/C8H10N2O2/c9-4-7(11)6-3-8(12-10-6)5-1-2-5/h3,5H,1-2,4,9H2. The molecule has 1 heterocycles. The summed E-state index contributed by atoms with van der Waals surface area (Å²) < 4.78 is 4.99. The Hall–Kier alpha value is -1.16. The number of Topliss-reactive ketones (excluding diaryl/α,β-unsaturated/α-hetero) is 1. The molecule has 0 atom stereocenters. The second-order valence-electron chi connectivity index (χ2n) is 3.02. The lowest BCUT2D eigenvalue weighted by atomic mass is 10.2. The molecule has 64 valence electrons. The molecule has 1 aromatic heterocycles. The van der Waals surface area contributed by atoms with Crippen LogP contribution in [0.25, 0.3) is 0 Å². The molecule has 2 rings (SSSR count). The fourth-order valence-electron chi connectivity index (χ4n) is 1.09. The summed E-state index contributed by atoms with van der Waals surface area (Å²) in [5, 5.41) is 3.64. The van der Waals surface area contributed by atoms with E-state index in [2.05, 4.69) is 5.16 Å². The zero-order chi connectivity index (χ0) is 8.55. The van der Waals surface area contributed by atoms with E-state index >= 15 is 0 Å². The molecule has 1 aromatic rings. The summed E-state index contributed by atoms with van der Waals surface area (Å²) in [5.74, 6) is 1.16. The van der Waals surface area contributed by atoms with Crippen molar-refractivity contribution in [3.8, 4) is 0 Å². The number of carbonyl (C=O) groups is 1. The van der Waals surface area contributed by atoms with Gasteiger partial charge in [0.15, 0.2) is 11.5 Å². The third-order valence-corrected chi connectivity index (χ3v) is 1.98. The predicted molar refractivity (Wildman–Crippen MR) is 41.9 cm³/mol. The van der Waals surface area contributed by atoms with Crippen LogP contribution >= 0.6 is 0 Å². The number of rotatable bonds is 3. The number of hydrogen-bond acceptors (Lipinski definition) is 4. The minimum atomic E-state index is -0.161. The summed E-state index contributed by atoms with van der Waals surface area (Å²) >= 11 is 0. The van der Waals surface area contributed by atoms with Crippen molar-refractivity contribution < 1.29 is 9.32 Å². The van der Waals surface area contributed by atoms with Gasteiger partial charge in [-0.1, -0.05) is 5.16 Å². The van der Waals surface area contributed by atoms with Gasteiger partial charge >= 0.3 is 0 Å². The van der Waals surface area contributed by atoms with Crippen molar-refractivity contribution in [3.05, 3.63) is 17.5 Å². The van der Waals surface area contributed by atoms with Gasteiger partial charge in [-0.25, -0.2) is 0 Å². The normalized spacial score (nSPS) is 16.4. The average Bonchev–Trinajstić information content (AvgIpc) is 2.83. The highest BCUT2D eigenvalue weighted by atomic mass is 16.5. The van der Waals surface area contributed by atoms with E-state index in [9.17, 15) is 4.79 Å². The molecular weight excluding hydrogens is 156 g/mol. The van der Waals surface area contributed by atoms with Crippen LogP contribution in [0.15, 0.2) is 10.6 Å². The minimum Gasteiger partial charge on any atom is -0.360 e. The Labute approximate surface area is 69.7 Å². The first-order valence-corrected chi connectivity index (χ1v) is 4.01. The van der Waals surface area contributed by atoms with E-state index in [0.29, 0.717) is 11.6 Å². The molecular formula is C8H10N2O2. The molecule has 0 aliphatic heterocycles. The van der Waals surface area contributed by atoms with Gasteiger partial charge in [0.25, 0.3) is 0 Å². The van der Waals surface area contributed by atoms with Crippen molar-refractivity contribution in [2.24, 2.45) is 5.73 Å². The number of aromatic nitrogens is 1. The van der Waals surface area contributed by atoms with Crippen molar-refractivity contribution in [3.63, 3.8) is 0 Å². The number of carbonyl (C=O) groups excluding carboxylic acids is 1. The number of nitrogens with zero attached hydrogens (tertiary/aromatic N) is 1. The van der Waals surface area contributed by atoms with E-state index in [1.165, 1.54) is 0 Å². The Morgan fingerprint density at radius 3 is 3.08 bits per heavy atom. The predicted octanol–water partition coefficient (Wildman–Crippen LogP) is 0.693. The topological polar surface area (TPSA) is 69.1 Å². The molecule has 1 saturated carbocycles. The highest BCUT2D eigenvalue weighted by Gasteiger charge is 2.28. The van der Waals surface area contributed by atoms with Crippen LogP contribution in [0.4, 0.5) is 0 Å². The highest BCUT2D eigenvalue weighted by molar-refractivity contribution is 5.95. The van der Waals surface area contributed by atoms with Gasteiger partial charge in [0.05, 0.1) is 6.54 Å². The minimum absolute atomic E-state index is 0.00333. The van der Waals surface area contributed by atoms with Crippen molar-refractivity contribution in [2.75, 3.05) is 6.54 Å². The number of hydrogen-bond donors (Lipinski definition) is 1. The van der Waals surface area contributed by atoms with Crippen molar-refractivity contribution in [2.45, 2.75) is 18.8 Å². The molecule has 0 spiro atoms. The van der Waals surface area contributed by atoms with Crippen LogP contribution < -0.4 is 5.73 Å². The number of ketones is 1. The van der Waals surface area contributed by atoms with Gasteiger partial charge in [-0.05, 0) is 12.8 Å². The third-order valence-electron chi connectivity index (χ3n) is 1.98. The molecule has 1 aliphatic carbocycles. The fraction of sp³-hybridized carbons (Fsp3) is 0.500. The molecule has 2 N–H and O–H groups in total. The SMILES string of the molecule is NCC(=O)c1cc(C2CC2)on1. The van der Waals surface area contributed by atoms with Crippen LogP contribution in [0.2, 0.25) is 0 Å². The average molecular weight is 166 g/mol. The first-order valence-electron chi connectivity index (χ1n) is 4.01. The monoisotopic (exact) mass is 166 g/mol. The summed E-state index contributed by atoms with van der Waals surface area (Å²) in [4.78, 5) is 11.0. The Kier molecular flexibility index (Phi) is 1.69. The van der Waals surface area contributed by atoms with E-state index in [4.69, 9.17) is 10.3 Å². The van der Waals surface area contributed by atoms with Gasteiger partial charge in [0, 0.05) is 12.0 Å². The fourth-order valence-corrected chi connectivity index (χ4v) is 1.09. The van der Waals surface area contributed by atoms with E-state index in [1.807, 2.05) is 0 Å². The third kappa shape index (κ3) is 1.25. The summed E-state index contributed by atoms with van der Waals surface area (Å²) in [6.45, 7) is -0.00333. The molecule has 1 aliphatic rings. The molecule has 0 saturated heterocycles. The zero-order valence-electron chi connectivity index (χ0n) is 6.62. The first-order chi connectivity index (χ1) is 5.81. The summed E-state index contributed by atoms with van der Waals surface area (Å²) in [6.07, 6.45) is 2.29. The molecule has 0 unspecified atom stereocenters. The van der Waals surface area contributed by atoms with Crippen LogP contribution in [-0.2, 0) is 0 Å². The molecule has 0 aromatic carbocycles. The lowest BCUT2D eigenvalue weighted by Gasteiger charge is -1.84. The smallest absolute Gasteiger partial charge is 0.198 e. The quantitative estimate of drug-likeness (QED) is 0.671. The molecule has 0 bridgehead atoms. The molecule has 0 radical (unpaired) electrons. The van der Waals surface area contributed by atoms with Gasteiger partial charge in [0.2, 0.25) is 0 Å². The van der Waals surface area contributed by atoms with E-state index in [0.717, 1.165) is 18.6 Å². The van der Waals surface area contributed by atoms with Gasteiger partial charge < -0.3 is 10.3 Å². The lowest BCUT2D eigenvalue weighted by Crippen LogP contribution is -2.13. The molecule has 1 fully saturated rings. The van der Waals surface area contributed by atoms with Crippen LogP contribution in [0.3, 0.4) is 0 Å². The molecule has 12 heavy (non-hydrogen) atoms. The second kappa shape index (κ2) is 2.71. The Bertz CT molecular complexity index is 302. The van der Waals surface area contributed by atoms with Gasteiger partial charge in [-0.3, -0.25) is 4.79 Å². The maximum absolute atomic E-state index is 11.0.